The number of benzene rings is 1. The van der Waals surface area contributed by atoms with E-state index in [2.05, 4.69) is 20.0 Å². The number of nitrogens with zero attached hydrogens (tertiary/aromatic N) is 6. The first-order valence-corrected chi connectivity index (χ1v) is 8.55. The number of aryl methyl sites for hydroxylation is 1. The molecule has 4 rings (SSSR count). The molecular formula is C19H21FN6. The summed E-state index contributed by atoms with van der Waals surface area (Å²) in [5.74, 6) is 1.41. The summed E-state index contributed by atoms with van der Waals surface area (Å²) in [6.45, 7) is 4.15. The van der Waals surface area contributed by atoms with Gasteiger partial charge >= 0.3 is 0 Å². The molecule has 1 aliphatic heterocycles. The summed E-state index contributed by atoms with van der Waals surface area (Å²) >= 11 is 0. The molecule has 0 atom stereocenters. The van der Waals surface area contributed by atoms with Crippen LogP contribution in [0.15, 0.2) is 36.5 Å². The normalized spacial score (nSPS) is 13.2. The van der Waals surface area contributed by atoms with E-state index in [1.807, 2.05) is 42.9 Å². The highest BCUT2D eigenvalue weighted by molar-refractivity contribution is 5.49. The van der Waals surface area contributed by atoms with Crippen LogP contribution in [0.2, 0.25) is 0 Å². The molecule has 0 radical (unpaired) electrons. The fraction of sp³-hybridized carbons (Fsp3) is 0.316. The topological polar surface area (TPSA) is 50.1 Å². The maximum Gasteiger partial charge on any atom is 0.226 e. The zero-order chi connectivity index (χ0) is 18.3. The third kappa shape index (κ3) is 3.12. The maximum absolute atomic E-state index is 13.1. The third-order valence-electron chi connectivity index (χ3n) is 4.54. The molecule has 2 aromatic heterocycles. The van der Waals surface area contributed by atoms with E-state index in [0.717, 1.165) is 30.2 Å². The van der Waals surface area contributed by atoms with Gasteiger partial charge in [0.2, 0.25) is 5.95 Å². The molecule has 3 aromatic rings. The van der Waals surface area contributed by atoms with Crippen molar-refractivity contribution in [2.45, 2.75) is 26.6 Å². The molecule has 1 aromatic carbocycles. The Morgan fingerprint density at radius 1 is 1.12 bits per heavy atom. The molecule has 0 spiro atoms. The van der Waals surface area contributed by atoms with E-state index in [-0.39, 0.29) is 5.82 Å². The average molecular weight is 352 g/mol. The zero-order valence-electron chi connectivity index (χ0n) is 15.1. The maximum atomic E-state index is 13.1. The van der Waals surface area contributed by atoms with Gasteiger partial charge in [0.15, 0.2) is 0 Å². The lowest BCUT2D eigenvalue weighted by molar-refractivity contribution is 0.620. The standard InChI is InChI=1S/C19H21FN6/c1-13-8-18(23-19(22-13)24(2)3)25-11-15-9-21-26(17(15)12-25)10-14-4-6-16(20)7-5-14/h4-9H,10-12H2,1-3H3. The summed E-state index contributed by atoms with van der Waals surface area (Å²) < 4.78 is 15.1. The van der Waals surface area contributed by atoms with Gasteiger partial charge in [0.05, 0.1) is 25.0 Å². The van der Waals surface area contributed by atoms with Gasteiger partial charge in [-0.2, -0.15) is 10.1 Å². The van der Waals surface area contributed by atoms with E-state index >= 15 is 0 Å². The molecule has 0 unspecified atom stereocenters. The number of anilines is 2. The van der Waals surface area contributed by atoms with E-state index in [9.17, 15) is 4.39 Å². The van der Waals surface area contributed by atoms with Crippen LogP contribution in [-0.2, 0) is 19.6 Å². The highest BCUT2D eigenvalue weighted by atomic mass is 19.1. The second-order valence-electron chi connectivity index (χ2n) is 6.82. The largest absolute Gasteiger partial charge is 0.347 e. The SMILES string of the molecule is Cc1cc(N2Cc3cnn(Cc4ccc(F)cc4)c3C2)nc(N(C)C)n1. The Morgan fingerprint density at radius 2 is 1.88 bits per heavy atom. The highest BCUT2D eigenvalue weighted by Gasteiger charge is 2.25. The predicted molar refractivity (Wildman–Crippen MR) is 98.7 cm³/mol. The fourth-order valence-electron chi connectivity index (χ4n) is 3.17. The lowest BCUT2D eigenvalue weighted by atomic mass is 10.2. The van der Waals surface area contributed by atoms with Gasteiger partial charge in [0, 0.05) is 38.0 Å². The number of halogens is 1. The van der Waals surface area contributed by atoms with Crippen molar-refractivity contribution in [2.24, 2.45) is 0 Å². The van der Waals surface area contributed by atoms with E-state index in [1.165, 1.54) is 23.4 Å². The summed E-state index contributed by atoms with van der Waals surface area (Å²) in [5.41, 5.74) is 4.36. The van der Waals surface area contributed by atoms with Crippen LogP contribution in [0, 0.1) is 12.7 Å². The number of hydrogen-bond acceptors (Lipinski definition) is 5. The Labute approximate surface area is 151 Å². The number of hydrogen-bond donors (Lipinski definition) is 0. The first-order valence-electron chi connectivity index (χ1n) is 8.55. The van der Waals surface area contributed by atoms with Gasteiger partial charge in [-0.05, 0) is 24.6 Å². The van der Waals surface area contributed by atoms with E-state index < -0.39 is 0 Å². The van der Waals surface area contributed by atoms with Crippen molar-refractivity contribution < 1.29 is 4.39 Å². The van der Waals surface area contributed by atoms with Crippen LogP contribution in [0.1, 0.15) is 22.5 Å². The minimum atomic E-state index is -0.221. The molecule has 134 valence electrons. The van der Waals surface area contributed by atoms with Gasteiger partial charge in [-0.25, -0.2) is 9.37 Å². The van der Waals surface area contributed by atoms with Crippen molar-refractivity contribution in [1.29, 1.82) is 0 Å². The number of fused-ring (bicyclic) bond motifs is 1. The molecule has 0 amide bonds. The zero-order valence-corrected chi connectivity index (χ0v) is 15.1. The molecule has 0 aliphatic carbocycles. The van der Waals surface area contributed by atoms with Crippen LogP contribution in [0.25, 0.3) is 0 Å². The van der Waals surface area contributed by atoms with Crippen LogP contribution >= 0.6 is 0 Å². The Balaban J connectivity index is 1.57. The highest BCUT2D eigenvalue weighted by Crippen LogP contribution is 2.28. The van der Waals surface area contributed by atoms with Gasteiger partial charge in [-0.3, -0.25) is 4.68 Å². The molecule has 0 N–H and O–H groups in total. The van der Waals surface area contributed by atoms with Gasteiger partial charge in [-0.15, -0.1) is 0 Å². The van der Waals surface area contributed by atoms with Crippen LogP contribution in [0.5, 0.6) is 0 Å². The molecule has 26 heavy (non-hydrogen) atoms. The predicted octanol–water partition coefficient (Wildman–Crippen LogP) is 2.76. The molecule has 3 heterocycles. The molecule has 1 aliphatic rings. The minimum Gasteiger partial charge on any atom is -0.347 e. The fourth-order valence-corrected chi connectivity index (χ4v) is 3.17. The summed E-state index contributed by atoms with van der Waals surface area (Å²) in [4.78, 5) is 13.3. The van der Waals surface area contributed by atoms with Crippen LogP contribution in [-0.4, -0.2) is 33.8 Å². The van der Waals surface area contributed by atoms with Crippen molar-refractivity contribution in [3.05, 3.63) is 64.9 Å². The monoisotopic (exact) mass is 352 g/mol. The van der Waals surface area contributed by atoms with Gasteiger partial charge in [0.1, 0.15) is 11.6 Å². The first-order chi connectivity index (χ1) is 12.5. The van der Waals surface area contributed by atoms with Crippen LogP contribution in [0.3, 0.4) is 0 Å². The molecule has 6 nitrogen and oxygen atoms in total. The summed E-state index contributed by atoms with van der Waals surface area (Å²) in [6, 6.07) is 8.58. The average Bonchev–Trinajstić information content (AvgIpc) is 3.18. The number of rotatable bonds is 4. The Kier molecular flexibility index (Phi) is 4.06. The smallest absolute Gasteiger partial charge is 0.226 e. The lowest BCUT2D eigenvalue weighted by Crippen LogP contribution is -2.21. The molecular weight excluding hydrogens is 331 g/mol. The third-order valence-corrected chi connectivity index (χ3v) is 4.54. The second kappa shape index (κ2) is 6.40. The second-order valence-corrected chi connectivity index (χ2v) is 6.82. The summed E-state index contributed by atoms with van der Waals surface area (Å²) in [6.07, 6.45) is 1.92. The van der Waals surface area contributed by atoms with Crippen molar-refractivity contribution in [3.63, 3.8) is 0 Å². The Morgan fingerprint density at radius 3 is 2.62 bits per heavy atom. The summed E-state index contributed by atoms with van der Waals surface area (Å²) in [5, 5.41) is 4.50. The molecule has 0 saturated heterocycles. The van der Waals surface area contributed by atoms with E-state index in [1.54, 1.807) is 12.1 Å². The van der Waals surface area contributed by atoms with Gasteiger partial charge in [-0.1, -0.05) is 12.1 Å². The number of aromatic nitrogens is 4. The Bertz CT molecular complexity index is 932. The van der Waals surface area contributed by atoms with Crippen LogP contribution in [0.4, 0.5) is 16.2 Å². The minimum absolute atomic E-state index is 0.221. The van der Waals surface area contributed by atoms with Gasteiger partial charge in [0.25, 0.3) is 0 Å². The molecule has 0 bridgehead atoms. The molecule has 0 fully saturated rings. The van der Waals surface area contributed by atoms with Crippen molar-refractivity contribution in [2.75, 3.05) is 23.9 Å². The lowest BCUT2D eigenvalue weighted by Gasteiger charge is -2.20. The van der Waals surface area contributed by atoms with E-state index in [0.29, 0.717) is 12.5 Å². The van der Waals surface area contributed by atoms with Gasteiger partial charge < -0.3 is 9.80 Å². The van der Waals surface area contributed by atoms with Crippen LogP contribution < -0.4 is 9.80 Å². The first kappa shape index (κ1) is 16.5. The van der Waals surface area contributed by atoms with E-state index in [4.69, 9.17) is 0 Å². The van der Waals surface area contributed by atoms with Crippen molar-refractivity contribution in [3.8, 4) is 0 Å². The van der Waals surface area contributed by atoms with Crippen molar-refractivity contribution in [1.82, 2.24) is 19.7 Å². The van der Waals surface area contributed by atoms with Crippen molar-refractivity contribution >= 4 is 11.8 Å². The Hall–Kier alpha value is -2.96. The quantitative estimate of drug-likeness (QED) is 0.723. The molecule has 7 heteroatoms. The summed E-state index contributed by atoms with van der Waals surface area (Å²) in [7, 11) is 3.88. The molecule has 0 saturated carbocycles.